The molecule has 0 aliphatic carbocycles. The number of benzene rings is 1. The molecule has 0 amide bonds. The van der Waals surface area contributed by atoms with Crippen molar-refractivity contribution >= 4 is 34.4 Å². The van der Waals surface area contributed by atoms with Gasteiger partial charge in [-0.05, 0) is 44.5 Å². The summed E-state index contributed by atoms with van der Waals surface area (Å²) in [5, 5.41) is 0.817. The van der Waals surface area contributed by atoms with Gasteiger partial charge in [0.1, 0.15) is 0 Å². The summed E-state index contributed by atoms with van der Waals surface area (Å²) in [5.41, 5.74) is 2.98. The van der Waals surface area contributed by atoms with E-state index in [1.807, 2.05) is 24.5 Å². The minimum atomic E-state index is -0.507. The summed E-state index contributed by atoms with van der Waals surface area (Å²) in [5.74, 6) is -0.432. The standard InChI is InChI=1S/C25H29N3O5S/c1-6-10-27-16(2)13-20(17(27)3)22(29)15-34-25-26-21-14-18(24(31)33-5)8-9-19(21)23(30)28(25)11-7-12-32-4/h6,8-9,13-14H,1,7,10-12,15H2,2-5H3. The monoisotopic (exact) mass is 483 g/mol. The first-order valence-electron chi connectivity index (χ1n) is 10.9. The Hall–Kier alpha value is -3.17. The van der Waals surface area contributed by atoms with Crippen molar-refractivity contribution in [3.63, 3.8) is 0 Å². The average molecular weight is 484 g/mol. The van der Waals surface area contributed by atoms with Gasteiger partial charge in [0, 0.05) is 43.8 Å². The molecule has 0 saturated heterocycles. The molecule has 1 aromatic carbocycles. The highest BCUT2D eigenvalue weighted by atomic mass is 32.2. The fourth-order valence-electron chi connectivity index (χ4n) is 3.82. The number of ketones is 1. The third kappa shape index (κ3) is 5.31. The Balaban J connectivity index is 1.96. The van der Waals surface area contributed by atoms with Crippen molar-refractivity contribution in [2.24, 2.45) is 0 Å². The summed E-state index contributed by atoms with van der Waals surface area (Å²) in [6.07, 6.45) is 2.41. The molecule has 9 heteroatoms. The van der Waals surface area contributed by atoms with Crippen molar-refractivity contribution in [1.29, 1.82) is 0 Å². The van der Waals surface area contributed by atoms with E-state index < -0.39 is 5.97 Å². The van der Waals surface area contributed by atoms with Crippen LogP contribution in [0.4, 0.5) is 0 Å². The lowest BCUT2D eigenvalue weighted by Gasteiger charge is -2.13. The Morgan fingerprint density at radius 2 is 1.94 bits per heavy atom. The van der Waals surface area contributed by atoms with Gasteiger partial charge in [-0.1, -0.05) is 17.8 Å². The van der Waals surface area contributed by atoms with Crippen LogP contribution in [0.25, 0.3) is 10.9 Å². The number of aromatic nitrogens is 3. The molecule has 3 aromatic rings. The minimum Gasteiger partial charge on any atom is -0.465 e. The Morgan fingerprint density at radius 3 is 2.62 bits per heavy atom. The fourth-order valence-corrected chi connectivity index (χ4v) is 4.73. The zero-order valence-electron chi connectivity index (χ0n) is 19.9. The van der Waals surface area contributed by atoms with Crippen LogP contribution in [0.3, 0.4) is 0 Å². The van der Waals surface area contributed by atoms with Crippen LogP contribution >= 0.6 is 11.8 Å². The van der Waals surface area contributed by atoms with Gasteiger partial charge in [0.05, 0.1) is 29.3 Å². The largest absolute Gasteiger partial charge is 0.465 e. The van der Waals surface area contributed by atoms with Gasteiger partial charge < -0.3 is 14.0 Å². The van der Waals surface area contributed by atoms with Gasteiger partial charge in [-0.3, -0.25) is 14.2 Å². The molecule has 8 nitrogen and oxygen atoms in total. The molecule has 0 saturated carbocycles. The van der Waals surface area contributed by atoms with Gasteiger partial charge in [0.2, 0.25) is 0 Å². The molecule has 0 bridgehead atoms. The molecule has 0 unspecified atom stereocenters. The zero-order chi connectivity index (χ0) is 24.8. The first kappa shape index (κ1) is 25.5. The van der Waals surface area contributed by atoms with Crippen LogP contribution in [-0.2, 0) is 22.6 Å². The number of carbonyl (C=O) groups is 2. The van der Waals surface area contributed by atoms with E-state index in [0.29, 0.717) is 53.3 Å². The van der Waals surface area contributed by atoms with Crippen LogP contribution < -0.4 is 5.56 Å². The molecule has 0 fully saturated rings. The number of Topliss-reactive ketones (excluding diaryl/α,β-unsaturated/α-hetero) is 1. The molecule has 0 radical (unpaired) electrons. The molecule has 0 atom stereocenters. The normalized spacial score (nSPS) is 11.1. The van der Waals surface area contributed by atoms with Crippen molar-refractivity contribution in [2.75, 3.05) is 26.6 Å². The van der Waals surface area contributed by atoms with E-state index in [0.717, 1.165) is 11.4 Å². The van der Waals surface area contributed by atoms with Crippen LogP contribution in [0.1, 0.15) is 38.5 Å². The second kappa shape index (κ2) is 11.3. The number of methoxy groups -OCH3 is 2. The van der Waals surface area contributed by atoms with E-state index in [4.69, 9.17) is 9.47 Å². The summed E-state index contributed by atoms with van der Waals surface area (Å²) in [7, 11) is 2.90. The van der Waals surface area contributed by atoms with E-state index in [1.54, 1.807) is 29.9 Å². The highest BCUT2D eigenvalue weighted by molar-refractivity contribution is 7.99. The SMILES string of the molecule is C=CCn1c(C)cc(C(=O)CSc2nc3cc(C(=O)OC)ccc3c(=O)n2CCCOC)c1C. The number of fused-ring (bicyclic) bond motifs is 1. The van der Waals surface area contributed by atoms with Gasteiger partial charge in [0.15, 0.2) is 10.9 Å². The molecule has 2 aromatic heterocycles. The number of hydrogen-bond acceptors (Lipinski definition) is 7. The highest BCUT2D eigenvalue weighted by Gasteiger charge is 2.19. The van der Waals surface area contributed by atoms with E-state index in [2.05, 4.69) is 11.6 Å². The smallest absolute Gasteiger partial charge is 0.337 e. The lowest BCUT2D eigenvalue weighted by atomic mass is 10.1. The van der Waals surface area contributed by atoms with Gasteiger partial charge in [-0.25, -0.2) is 9.78 Å². The lowest BCUT2D eigenvalue weighted by Crippen LogP contribution is -2.24. The van der Waals surface area contributed by atoms with Crippen LogP contribution in [0.2, 0.25) is 0 Å². The fraction of sp³-hybridized carbons (Fsp3) is 0.360. The molecular weight excluding hydrogens is 454 g/mol. The van der Waals surface area contributed by atoms with E-state index in [-0.39, 0.29) is 17.1 Å². The summed E-state index contributed by atoms with van der Waals surface area (Å²) < 4.78 is 13.5. The molecule has 0 aliphatic rings. The molecular formula is C25H29N3O5S. The highest BCUT2D eigenvalue weighted by Crippen LogP contribution is 2.23. The van der Waals surface area contributed by atoms with Crippen molar-refractivity contribution in [3.05, 3.63) is 69.8 Å². The maximum Gasteiger partial charge on any atom is 0.337 e. The molecule has 0 N–H and O–H groups in total. The number of rotatable bonds is 11. The van der Waals surface area contributed by atoms with Gasteiger partial charge >= 0.3 is 5.97 Å². The Labute approximate surface area is 202 Å². The Kier molecular flexibility index (Phi) is 8.46. The van der Waals surface area contributed by atoms with Crippen molar-refractivity contribution in [1.82, 2.24) is 14.1 Å². The third-order valence-corrected chi connectivity index (χ3v) is 6.57. The minimum absolute atomic E-state index is 0.0467. The number of carbonyl (C=O) groups excluding carboxylic acids is 2. The van der Waals surface area contributed by atoms with E-state index in [1.165, 1.54) is 24.9 Å². The van der Waals surface area contributed by atoms with Crippen LogP contribution in [-0.4, -0.2) is 52.5 Å². The number of allylic oxidation sites excluding steroid dienone is 1. The van der Waals surface area contributed by atoms with Crippen molar-refractivity contribution in [3.8, 4) is 0 Å². The topological polar surface area (TPSA) is 92.4 Å². The van der Waals surface area contributed by atoms with Crippen molar-refractivity contribution < 1.29 is 19.1 Å². The number of nitrogens with zero attached hydrogens (tertiary/aromatic N) is 3. The molecule has 0 aliphatic heterocycles. The quantitative estimate of drug-likeness (QED) is 0.102. The Bertz CT molecular complexity index is 1290. The number of esters is 1. The summed E-state index contributed by atoms with van der Waals surface area (Å²) in [6, 6.07) is 6.55. The van der Waals surface area contributed by atoms with E-state index >= 15 is 0 Å². The number of hydrogen-bond donors (Lipinski definition) is 0. The predicted molar refractivity (Wildman–Crippen MR) is 133 cm³/mol. The maximum atomic E-state index is 13.2. The maximum absolute atomic E-state index is 13.2. The van der Waals surface area contributed by atoms with Crippen LogP contribution in [0.15, 0.2) is 46.9 Å². The third-order valence-electron chi connectivity index (χ3n) is 5.59. The number of thioether (sulfide) groups is 1. The molecule has 2 heterocycles. The van der Waals surface area contributed by atoms with E-state index in [9.17, 15) is 14.4 Å². The Morgan fingerprint density at radius 1 is 1.18 bits per heavy atom. The second-order valence-corrected chi connectivity index (χ2v) is 8.76. The van der Waals surface area contributed by atoms with Gasteiger partial charge in [-0.2, -0.15) is 0 Å². The van der Waals surface area contributed by atoms with Gasteiger partial charge in [0.25, 0.3) is 5.56 Å². The average Bonchev–Trinajstić information content (AvgIpc) is 3.12. The number of ether oxygens (including phenoxy) is 2. The van der Waals surface area contributed by atoms with Gasteiger partial charge in [-0.15, -0.1) is 6.58 Å². The molecule has 34 heavy (non-hydrogen) atoms. The second-order valence-electron chi connectivity index (χ2n) is 7.82. The number of aryl methyl sites for hydroxylation is 1. The summed E-state index contributed by atoms with van der Waals surface area (Å²) in [4.78, 5) is 42.9. The first-order valence-corrected chi connectivity index (χ1v) is 11.9. The van der Waals surface area contributed by atoms with Crippen LogP contribution in [0, 0.1) is 13.8 Å². The zero-order valence-corrected chi connectivity index (χ0v) is 20.7. The van der Waals surface area contributed by atoms with Crippen LogP contribution in [0.5, 0.6) is 0 Å². The summed E-state index contributed by atoms with van der Waals surface area (Å²) in [6.45, 7) is 9.17. The molecule has 180 valence electrons. The molecule has 0 spiro atoms. The van der Waals surface area contributed by atoms with Crippen molar-refractivity contribution in [2.45, 2.75) is 38.5 Å². The molecule has 3 rings (SSSR count). The predicted octanol–water partition coefficient (Wildman–Crippen LogP) is 3.80. The lowest BCUT2D eigenvalue weighted by molar-refractivity contribution is 0.0600. The first-order chi connectivity index (χ1) is 16.3. The summed E-state index contributed by atoms with van der Waals surface area (Å²) >= 11 is 1.21.